The van der Waals surface area contributed by atoms with E-state index in [1.54, 1.807) is 10.4 Å². The maximum Gasteiger partial charge on any atom is 0.317 e. The van der Waals surface area contributed by atoms with Gasteiger partial charge in [0.1, 0.15) is 0 Å². The quantitative estimate of drug-likeness (QED) is 0.857. The Kier molecular flexibility index (Phi) is 3.81. The minimum atomic E-state index is -0.836. The van der Waals surface area contributed by atoms with Crippen molar-refractivity contribution in [1.82, 2.24) is 15.2 Å². The number of urea groups is 1. The number of carbonyl (C=O) groups excluding carboxylic acids is 1. The number of amides is 2. The van der Waals surface area contributed by atoms with Crippen LogP contribution in [-0.4, -0.2) is 40.1 Å². The van der Waals surface area contributed by atoms with Gasteiger partial charge in [-0.2, -0.15) is 0 Å². The van der Waals surface area contributed by atoms with E-state index < -0.39 is 11.9 Å². The summed E-state index contributed by atoms with van der Waals surface area (Å²) in [6.45, 7) is 3.00. The fourth-order valence-electron chi connectivity index (χ4n) is 2.06. The molecule has 2 heterocycles. The van der Waals surface area contributed by atoms with Crippen molar-refractivity contribution in [2.45, 2.75) is 13.5 Å². The standard InChI is InChI=1S/C11H15N3O3S/c1-7-3-14(4-9(7)10(15)16)11(17)12-2-8-5-18-6-13-8/h5-7,9H,2-4H2,1H3,(H,12,17)(H,15,16). The van der Waals surface area contributed by atoms with Gasteiger partial charge < -0.3 is 15.3 Å². The molecule has 2 N–H and O–H groups in total. The van der Waals surface area contributed by atoms with Crippen LogP contribution in [0.15, 0.2) is 10.9 Å². The van der Waals surface area contributed by atoms with Crippen LogP contribution in [0.1, 0.15) is 12.6 Å². The van der Waals surface area contributed by atoms with Crippen molar-refractivity contribution < 1.29 is 14.7 Å². The van der Waals surface area contributed by atoms with Crippen molar-refractivity contribution in [2.75, 3.05) is 13.1 Å². The molecule has 98 valence electrons. The summed E-state index contributed by atoms with van der Waals surface area (Å²) < 4.78 is 0. The number of nitrogens with zero attached hydrogens (tertiary/aromatic N) is 2. The van der Waals surface area contributed by atoms with E-state index >= 15 is 0 Å². The van der Waals surface area contributed by atoms with Gasteiger partial charge in [0.25, 0.3) is 0 Å². The third-order valence-corrected chi connectivity index (χ3v) is 3.76. The molecule has 0 spiro atoms. The molecule has 1 aliphatic heterocycles. The molecule has 1 saturated heterocycles. The van der Waals surface area contributed by atoms with Gasteiger partial charge >= 0.3 is 12.0 Å². The summed E-state index contributed by atoms with van der Waals surface area (Å²) in [4.78, 5) is 28.4. The topological polar surface area (TPSA) is 82.5 Å². The molecule has 2 atom stereocenters. The lowest BCUT2D eigenvalue weighted by molar-refractivity contribution is -0.142. The first kappa shape index (κ1) is 12.8. The average molecular weight is 269 g/mol. The number of aliphatic carboxylic acids is 1. The fourth-order valence-corrected chi connectivity index (χ4v) is 2.62. The van der Waals surface area contributed by atoms with E-state index in [1.807, 2.05) is 12.3 Å². The van der Waals surface area contributed by atoms with E-state index in [9.17, 15) is 9.59 Å². The summed E-state index contributed by atoms with van der Waals surface area (Å²) >= 11 is 1.47. The van der Waals surface area contributed by atoms with Crippen LogP contribution in [0.3, 0.4) is 0 Å². The molecule has 1 aromatic rings. The molecule has 2 unspecified atom stereocenters. The van der Waals surface area contributed by atoms with Crippen LogP contribution < -0.4 is 5.32 Å². The zero-order valence-electron chi connectivity index (χ0n) is 10.00. The van der Waals surface area contributed by atoms with Crippen LogP contribution >= 0.6 is 11.3 Å². The summed E-state index contributed by atoms with van der Waals surface area (Å²) in [6, 6.07) is -0.224. The maximum absolute atomic E-state index is 11.9. The van der Waals surface area contributed by atoms with E-state index in [-0.39, 0.29) is 18.5 Å². The molecule has 6 nitrogen and oxygen atoms in total. The molecule has 2 rings (SSSR count). The van der Waals surface area contributed by atoms with Gasteiger partial charge in [0.15, 0.2) is 0 Å². The Balaban J connectivity index is 1.85. The van der Waals surface area contributed by atoms with Crippen molar-refractivity contribution in [3.63, 3.8) is 0 Å². The molecule has 1 fully saturated rings. The molecule has 18 heavy (non-hydrogen) atoms. The van der Waals surface area contributed by atoms with E-state index in [0.717, 1.165) is 5.69 Å². The number of hydrogen-bond donors (Lipinski definition) is 2. The Hall–Kier alpha value is -1.63. The van der Waals surface area contributed by atoms with Crippen LogP contribution in [0.25, 0.3) is 0 Å². The molecule has 1 aliphatic rings. The van der Waals surface area contributed by atoms with Crippen molar-refractivity contribution in [2.24, 2.45) is 11.8 Å². The molecular formula is C11H15N3O3S. The predicted octanol–water partition coefficient (Wildman–Crippen LogP) is 1.01. The van der Waals surface area contributed by atoms with Gasteiger partial charge in [-0.05, 0) is 5.92 Å². The Morgan fingerprint density at radius 2 is 2.39 bits per heavy atom. The molecule has 0 aliphatic carbocycles. The van der Waals surface area contributed by atoms with Crippen LogP contribution in [-0.2, 0) is 11.3 Å². The Morgan fingerprint density at radius 3 is 2.94 bits per heavy atom. The average Bonchev–Trinajstić information content (AvgIpc) is 2.94. The Labute approximate surface area is 109 Å². The summed E-state index contributed by atoms with van der Waals surface area (Å²) in [7, 11) is 0. The van der Waals surface area contributed by atoms with Gasteiger partial charge in [0.05, 0.1) is 23.7 Å². The van der Waals surface area contributed by atoms with Gasteiger partial charge in [0.2, 0.25) is 0 Å². The van der Waals surface area contributed by atoms with Gasteiger partial charge in [-0.15, -0.1) is 11.3 Å². The second-order valence-electron chi connectivity index (χ2n) is 4.47. The molecule has 0 aromatic carbocycles. The first-order valence-electron chi connectivity index (χ1n) is 5.70. The summed E-state index contributed by atoms with van der Waals surface area (Å²) in [5.41, 5.74) is 2.52. The molecule has 1 aromatic heterocycles. The summed E-state index contributed by atoms with van der Waals surface area (Å²) in [5.74, 6) is -1.31. The number of carbonyl (C=O) groups is 2. The highest BCUT2D eigenvalue weighted by atomic mass is 32.1. The second kappa shape index (κ2) is 5.34. The third kappa shape index (κ3) is 2.79. The Morgan fingerprint density at radius 1 is 1.61 bits per heavy atom. The Bertz CT molecular complexity index is 435. The third-order valence-electron chi connectivity index (χ3n) is 3.12. The van der Waals surface area contributed by atoms with Crippen molar-refractivity contribution in [3.05, 3.63) is 16.6 Å². The van der Waals surface area contributed by atoms with E-state index in [4.69, 9.17) is 5.11 Å². The van der Waals surface area contributed by atoms with Crippen LogP contribution in [0.4, 0.5) is 4.79 Å². The van der Waals surface area contributed by atoms with Crippen LogP contribution in [0.2, 0.25) is 0 Å². The van der Waals surface area contributed by atoms with Gasteiger partial charge in [0, 0.05) is 18.5 Å². The lowest BCUT2D eigenvalue weighted by Crippen LogP contribution is -2.38. The zero-order chi connectivity index (χ0) is 13.1. The number of nitrogens with one attached hydrogen (secondary N) is 1. The molecule has 0 saturated carbocycles. The number of thiazole rings is 1. The number of hydrogen-bond acceptors (Lipinski definition) is 4. The van der Waals surface area contributed by atoms with E-state index in [2.05, 4.69) is 10.3 Å². The fraction of sp³-hybridized carbons (Fsp3) is 0.545. The predicted molar refractivity (Wildman–Crippen MR) is 66.2 cm³/mol. The highest BCUT2D eigenvalue weighted by Gasteiger charge is 2.36. The van der Waals surface area contributed by atoms with Crippen molar-refractivity contribution in [1.29, 1.82) is 0 Å². The molecule has 2 amide bonds. The van der Waals surface area contributed by atoms with Crippen LogP contribution in [0.5, 0.6) is 0 Å². The normalized spacial score (nSPS) is 23.1. The second-order valence-corrected chi connectivity index (χ2v) is 5.18. The largest absolute Gasteiger partial charge is 0.481 e. The SMILES string of the molecule is CC1CN(C(=O)NCc2cscn2)CC1C(=O)O. The van der Waals surface area contributed by atoms with Gasteiger partial charge in [-0.3, -0.25) is 4.79 Å². The smallest absolute Gasteiger partial charge is 0.317 e. The first-order chi connectivity index (χ1) is 8.58. The van der Waals surface area contributed by atoms with Crippen molar-refractivity contribution >= 4 is 23.3 Å². The maximum atomic E-state index is 11.9. The summed E-state index contributed by atoms with van der Waals surface area (Å²) in [5, 5.41) is 13.6. The lowest BCUT2D eigenvalue weighted by Gasteiger charge is -2.16. The number of aromatic nitrogens is 1. The number of likely N-dealkylation sites (tertiary alicyclic amines) is 1. The van der Waals surface area contributed by atoms with Crippen molar-refractivity contribution in [3.8, 4) is 0 Å². The lowest BCUT2D eigenvalue weighted by atomic mass is 9.99. The molecular weight excluding hydrogens is 254 g/mol. The minimum absolute atomic E-state index is 0.00692. The highest BCUT2D eigenvalue weighted by Crippen LogP contribution is 2.22. The van der Waals surface area contributed by atoms with E-state index in [0.29, 0.717) is 13.1 Å². The molecule has 0 radical (unpaired) electrons. The van der Waals surface area contributed by atoms with Gasteiger partial charge in [-0.25, -0.2) is 9.78 Å². The van der Waals surface area contributed by atoms with E-state index in [1.165, 1.54) is 11.3 Å². The molecule has 0 bridgehead atoms. The number of carboxylic acid groups (broad SMARTS) is 1. The van der Waals surface area contributed by atoms with Crippen LogP contribution in [0, 0.1) is 11.8 Å². The highest BCUT2D eigenvalue weighted by molar-refractivity contribution is 7.07. The monoisotopic (exact) mass is 269 g/mol. The summed E-state index contributed by atoms with van der Waals surface area (Å²) in [6.07, 6.45) is 0. The number of carboxylic acids is 1. The number of rotatable bonds is 3. The zero-order valence-corrected chi connectivity index (χ0v) is 10.8. The van der Waals surface area contributed by atoms with Gasteiger partial charge in [-0.1, -0.05) is 6.92 Å². The first-order valence-corrected chi connectivity index (χ1v) is 6.65. The molecule has 7 heteroatoms. The minimum Gasteiger partial charge on any atom is -0.481 e.